The van der Waals surface area contributed by atoms with Gasteiger partial charge >= 0.3 is 6.55 Å². The van der Waals surface area contributed by atoms with E-state index in [4.69, 9.17) is 28.4 Å². The molecule has 3 aromatic heterocycles. The number of benzene rings is 2. The van der Waals surface area contributed by atoms with Crippen molar-refractivity contribution in [3.8, 4) is 22.8 Å². The van der Waals surface area contributed by atoms with Crippen LogP contribution in [-0.2, 0) is 28.5 Å². The first kappa shape index (κ1) is 39.4. The summed E-state index contributed by atoms with van der Waals surface area (Å²) in [6.07, 6.45) is 4.88. The summed E-state index contributed by atoms with van der Waals surface area (Å²) in [4.78, 5) is 58.8. The predicted molar refractivity (Wildman–Crippen MR) is 199 cm³/mol. The fraction of sp³-hybridized carbons (Fsp3) is 0.350. The van der Waals surface area contributed by atoms with Gasteiger partial charge in [-0.2, -0.15) is 8.78 Å². The molecule has 0 saturated carbocycles. The first-order valence-electron chi connectivity index (χ1n) is 18.3. The van der Waals surface area contributed by atoms with Crippen LogP contribution in [0.15, 0.2) is 73.2 Å². The van der Waals surface area contributed by atoms with Crippen LogP contribution in [0.1, 0.15) is 40.1 Å². The quantitative estimate of drug-likeness (QED) is 0.0863. The molecule has 0 aliphatic carbocycles. The number of pyridine rings is 2. The van der Waals surface area contributed by atoms with E-state index in [9.17, 15) is 28.0 Å². The molecule has 2 aromatic carbocycles. The molecule has 2 aliphatic heterocycles. The summed E-state index contributed by atoms with van der Waals surface area (Å²) in [5.41, 5.74) is 2.69. The van der Waals surface area contributed by atoms with Gasteiger partial charge in [-0.25, -0.2) is 4.98 Å². The number of fused-ring (bicyclic) bond motifs is 4. The van der Waals surface area contributed by atoms with E-state index in [-0.39, 0.29) is 43.8 Å². The SMILES string of the molecule is O=C1CCC(N2C(=O)c3ccc(OCCOCCOCCOCCOCCOc4ccc(-c5ccc6c7cnccc7n(C(F)F)c6c5)cn4)cc3C2=O)C(=O)N1. The number of nitrogens with zero attached hydrogens (tertiary/aromatic N) is 4. The molecule has 5 heterocycles. The van der Waals surface area contributed by atoms with E-state index >= 15 is 0 Å². The Labute approximate surface area is 324 Å². The minimum Gasteiger partial charge on any atom is -0.491 e. The van der Waals surface area contributed by atoms with Crippen LogP contribution in [0.2, 0.25) is 0 Å². The molecule has 57 heavy (non-hydrogen) atoms. The van der Waals surface area contributed by atoms with Crippen molar-refractivity contribution >= 4 is 45.4 Å². The monoisotopic (exact) mass is 787 g/mol. The number of amides is 4. The lowest BCUT2D eigenvalue weighted by Gasteiger charge is -2.27. The van der Waals surface area contributed by atoms with Crippen LogP contribution in [0.4, 0.5) is 8.78 Å². The van der Waals surface area contributed by atoms with E-state index in [0.717, 1.165) is 20.6 Å². The number of nitrogens with one attached hydrogen (secondary N) is 1. The summed E-state index contributed by atoms with van der Waals surface area (Å²) in [7, 11) is 0. The number of alkyl halides is 2. The van der Waals surface area contributed by atoms with Crippen molar-refractivity contribution in [1.29, 1.82) is 0 Å². The van der Waals surface area contributed by atoms with E-state index in [1.54, 1.807) is 36.7 Å². The number of hydrogen-bond donors (Lipinski definition) is 1. The molecule has 2 aliphatic rings. The van der Waals surface area contributed by atoms with Crippen LogP contribution in [-0.4, -0.2) is 115 Å². The highest BCUT2D eigenvalue weighted by molar-refractivity contribution is 6.23. The summed E-state index contributed by atoms with van der Waals surface area (Å²) in [6, 6.07) is 14.1. The molecule has 5 aromatic rings. The average molecular weight is 788 g/mol. The van der Waals surface area contributed by atoms with Crippen LogP contribution in [0.3, 0.4) is 0 Å². The number of rotatable bonds is 20. The van der Waals surface area contributed by atoms with E-state index in [1.807, 2.05) is 18.2 Å². The van der Waals surface area contributed by atoms with Gasteiger partial charge in [0.1, 0.15) is 25.0 Å². The third-order valence-corrected chi connectivity index (χ3v) is 9.37. The number of aromatic nitrogens is 3. The molecule has 0 radical (unpaired) electrons. The van der Waals surface area contributed by atoms with Gasteiger partial charge in [0.05, 0.1) is 75.0 Å². The molecule has 1 N–H and O–H groups in total. The van der Waals surface area contributed by atoms with Crippen LogP contribution < -0.4 is 14.8 Å². The van der Waals surface area contributed by atoms with Gasteiger partial charge in [0, 0.05) is 47.4 Å². The van der Waals surface area contributed by atoms with Gasteiger partial charge in [-0.15, -0.1) is 0 Å². The van der Waals surface area contributed by atoms with E-state index in [0.29, 0.717) is 79.7 Å². The Bertz CT molecular complexity index is 2250. The molecule has 298 valence electrons. The van der Waals surface area contributed by atoms with Gasteiger partial charge in [0.25, 0.3) is 11.8 Å². The van der Waals surface area contributed by atoms with Gasteiger partial charge in [0.15, 0.2) is 0 Å². The van der Waals surface area contributed by atoms with Crippen LogP contribution in [0.25, 0.3) is 32.9 Å². The van der Waals surface area contributed by atoms with E-state index in [1.165, 1.54) is 18.3 Å². The lowest BCUT2D eigenvalue weighted by atomic mass is 10.0. The number of halogens is 2. The molecule has 17 heteroatoms. The number of carbonyl (C=O) groups is 4. The zero-order chi connectivity index (χ0) is 39.7. The van der Waals surface area contributed by atoms with Crippen molar-refractivity contribution in [3.05, 3.63) is 84.3 Å². The normalized spacial score (nSPS) is 15.6. The Morgan fingerprint density at radius 3 is 2.02 bits per heavy atom. The number of carbonyl (C=O) groups excluding carboxylic acids is 4. The molecule has 1 atom stereocenters. The van der Waals surface area contributed by atoms with Gasteiger partial charge in [0.2, 0.25) is 17.7 Å². The molecule has 1 unspecified atom stereocenters. The molecule has 1 fully saturated rings. The minimum atomic E-state index is -2.69. The maximum Gasteiger partial charge on any atom is 0.319 e. The first-order valence-corrected chi connectivity index (χ1v) is 18.3. The summed E-state index contributed by atoms with van der Waals surface area (Å²) < 4.78 is 62.4. The fourth-order valence-electron chi connectivity index (χ4n) is 6.64. The third kappa shape index (κ3) is 9.07. The molecular formula is C40H39F2N5O10. The predicted octanol–water partition coefficient (Wildman–Crippen LogP) is 4.57. The highest BCUT2D eigenvalue weighted by Gasteiger charge is 2.44. The van der Waals surface area contributed by atoms with Crippen LogP contribution in [0, 0.1) is 0 Å². The zero-order valence-corrected chi connectivity index (χ0v) is 30.7. The Morgan fingerprint density at radius 2 is 1.35 bits per heavy atom. The summed E-state index contributed by atoms with van der Waals surface area (Å²) in [5.74, 6) is -1.48. The molecular weight excluding hydrogens is 748 g/mol. The van der Waals surface area contributed by atoms with Gasteiger partial charge in [-0.3, -0.25) is 38.9 Å². The second kappa shape index (κ2) is 18.4. The second-order valence-electron chi connectivity index (χ2n) is 13.0. The second-order valence-corrected chi connectivity index (χ2v) is 13.0. The molecule has 15 nitrogen and oxygen atoms in total. The topological polar surface area (TPSA) is 170 Å². The molecule has 4 amide bonds. The maximum atomic E-state index is 14.0. The minimum absolute atomic E-state index is 0.0510. The summed E-state index contributed by atoms with van der Waals surface area (Å²) >= 11 is 0. The van der Waals surface area contributed by atoms with Crippen LogP contribution in [0.5, 0.6) is 11.6 Å². The first-order chi connectivity index (χ1) is 27.8. The lowest BCUT2D eigenvalue weighted by Crippen LogP contribution is -2.54. The van der Waals surface area contributed by atoms with Crippen molar-refractivity contribution in [2.45, 2.75) is 25.4 Å². The van der Waals surface area contributed by atoms with Gasteiger partial charge < -0.3 is 28.4 Å². The van der Waals surface area contributed by atoms with E-state index < -0.39 is 36.2 Å². The highest BCUT2D eigenvalue weighted by atomic mass is 19.3. The highest BCUT2D eigenvalue weighted by Crippen LogP contribution is 2.35. The average Bonchev–Trinajstić information content (AvgIpc) is 3.67. The third-order valence-electron chi connectivity index (χ3n) is 9.37. The zero-order valence-electron chi connectivity index (χ0n) is 30.7. The Hall–Kier alpha value is -5.88. The number of hydrogen-bond acceptors (Lipinski definition) is 12. The summed E-state index contributed by atoms with van der Waals surface area (Å²) in [6.45, 7) is 0.604. The van der Waals surface area contributed by atoms with Crippen molar-refractivity contribution in [1.82, 2.24) is 24.8 Å². The van der Waals surface area contributed by atoms with Crippen LogP contribution >= 0.6 is 0 Å². The van der Waals surface area contributed by atoms with Gasteiger partial charge in [-0.05, 0) is 48.4 Å². The lowest BCUT2D eigenvalue weighted by molar-refractivity contribution is -0.136. The van der Waals surface area contributed by atoms with Crippen molar-refractivity contribution in [2.24, 2.45) is 0 Å². The number of ether oxygens (including phenoxy) is 6. The smallest absolute Gasteiger partial charge is 0.319 e. The maximum absolute atomic E-state index is 14.0. The Balaban J connectivity index is 0.704. The van der Waals surface area contributed by atoms with E-state index in [2.05, 4.69) is 15.3 Å². The van der Waals surface area contributed by atoms with Crippen molar-refractivity contribution < 1.29 is 56.4 Å². The number of piperidine rings is 1. The molecule has 1 saturated heterocycles. The van der Waals surface area contributed by atoms with Crippen molar-refractivity contribution in [2.75, 3.05) is 66.1 Å². The molecule has 0 spiro atoms. The van der Waals surface area contributed by atoms with Crippen molar-refractivity contribution in [3.63, 3.8) is 0 Å². The standard InChI is InChI=1S/C40H39F2N5O10/c41-40(42)46-32-9-10-43-24-31(32)28-4-1-25(21-34(28)46)26-2-8-36(44-23-26)57-20-18-55-16-14-53-12-11-52-13-15-54-17-19-56-27-3-5-29-30(22-27)39(51)47(38(29)50)33-6-7-35(48)45-37(33)49/h1-5,8-10,21-24,33,40H,6-7,11-20H2,(H,45,48,49). The Morgan fingerprint density at radius 1 is 0.684 bits per heavy atom. The van der Waals surface area contributed by atoms with Gasteiger partial charge in [-0.1, -0.05) is 12.1 Å². The molecule has 0 bridgehead atoms. The largest absolute Gasteiger partial charge is 0.491 e. The Kier molecular flexibility index (Phi) is 12.7. The fourth-order valence-corrected chi connectivity index (χ4v) is 6.64. The summed E-state index contributed by atoms with van der Waals surface area (Å²) in [5, 5.41) is 3.55. The number of imide groups is 2. The molecule has 7 rings (SSSR count).